The van der Waals surface area contributed by atoms with E-state index in [1.807, 2.05) is 24.6 Å². The Labute approximate surface area is 113 Å². The molecule has 0 aromatic carbocycles. The van der Waals surface area contributed by atoms with E-state index in [9.17, 15) is 9.90 Å². The summed E-state index contributed by atoms with van der Waals surface area (Å²) in [4.78, 5) is 11.7. The molecule has 0 spiro atoms. The molecule has 0 aliphatic carbocycles. The summed E-state index contributed by atoms with van der Waals surface area (Å²) in [5.74, 6) is -0.764. The number of hydrogen-bond donors (Lipinski definition) is 1. The van der Waals surface area contributed by atoms with Gasteiger partial charge in [-0.25, -0.2) is 0 Å². The van der Waals surface area contributed by atoms with Gasteiger partial charge in [-0.05, 0) is 32.8 Å². The molecule has 0 bridgehead atoms. The molecule has 0 amide bonds. The normalized spacial score (nSPS) is 26.8. The summed E-state index contributed by atoms with van der Waals surface area (Å²) < 4.78 is 7.41. The van der Waals surface area contributed by atoms with E-state index in [1.54, 1.807) is 0 Å². The zero-order chi connectivity index (χ0) is 14.0. The van der Waals surface area contributed by atoms with Crippen molar-refractivity contribution in [2.75, 3.05) is 6.61 Å². The molecule has 2 unspecified atom stereocenters. The monoisotopic (exact) mass is 266 g/mol. The molecular weight excluding hydrogens is 244 g/mol. The van der Waals surface area contributed by atoms with Crippen LogP contribution in [-0.2, 0) is 28.9 Å². The van der Waals surface area contributed by atoms with E-state index < -0.39 is 11.4 Å². The summed E-state index contributed by atoms with van der Waals surface area (Å²) in [5, 5.41) is 14.1. The molecule has 0 saturated carbocycles. The van der Waals surface area contributed by atoms with E-state index in [-0.39, 0.29) is 6.10 Å². The molecular formula is C14H22N2O3. The lowest BCUT2D eigenvalue weighted by atomic mass is 9.77. The molecule has 2 rings (SSSR count). The highest BCUT2D eigenvalue weighted by molar-refractivity contribution is 5.76. The lowest BCUT2D eigenvalue weighted by Crippen LogP contribution is -2.40. The van der Waals surface area contributed by atoms with Gasteiger partial charge in [-0.2, -0.15) is 5.10 Å². The van der Waals surface area contributed by atoms with Gasteiger partial charge in [0.15, 0.2) is 0 Å². The minimum atomic E-state index is -0.808. The van der Waals surface area contributed by atoms with Crippen LogP contribution in [0, 0.1) is 5.41 Å². The fourth-order valence-electron chi connectivity index (χ4n) is 2.80. The zero-order valence-electron chi connectivity index (χ0n) is 11.8. The Morgan fingerprint density at radius 2 is 2.37 bits per heavy atom. The van der Waals surface area contributed by atoms with Crippen molar-refractivity contribution >= 4 is 5.97 Å². The van der Waals surface area contributed by atoms with Crippen molar-refractivity contribution in [3.63, 3.8) is 0 Å². The summed E-state index contributed by atoms with van der Waals surface area (Å²) in [6, 6.07) is 2.03. The number of carbonyl (C=O) groups is 1. The summed E-state index contributed by atoms with van der Waals surface area (Å²) in [7, 11) is 0. The number of carboxylic acids is 1. The van der Waals surface area contributed by atoms with E-state index in [2.05, 4.69) is 12.0 Å². The molecule has 1 N–H and O–H groups in total. The van der Waals surface area contributed by atoms with Gasteiger partial charge in [0.05, 0.1) is 11.8 Å². The van der Waals surface area contributed by atoms with Crippen LogP contribution in [0.25, 0.3) is 0 Å². The van der Waals surface area contributed by atoms with Gasteiger partial charge in [-0.3, -0.25) is 9.48 Å². The molecule has 5 nitrogen and oxygen atoms in total. The molecule has 1 saturated heterocycles. The van der Waals surface area contributed by atoms with Gasteiger partial charge >= 0.3 is 5.97 Å². The lowest BCUT2D eigenvalue weighted by molar-refractivity contribution is -0.151. The Kier molecular flexibility index (Phi) is 3.94. The van der Waals surface area contributed by atoms with Gasteiger partial charge in [0.1, 0.15) is 5.41 Å². The summed E-state index contributed by atoms with van der Waals surface area (Å²) in [5.41, 5.74) is 1.21. The van der Waals surface area contributed by atoms with Gasteiger partial charge in [-0.1, -0.05) is 6.92 Å². The minimum absolute atomic E-state index is 0.254. The first-order chi connectivity index (χ1) is 9.03. The van der Waals surface area contributed by atoms with Crippen LogP contribution < -0.4 is 0 Å². The number of aryl methyl sites for hydroxylation is 2. The number of rotatable bonds is 5. The van der Waals surface area contributed by atoms with Crippen molar-refractivity contribution in [3.05, 3.63) is 17.5 Å². The third kappa shape index (κ3) is 2.39. The predicted molar refractivity (Wildman–Crippen MR) is 71.1 cm³/mol. The largest absolute Gasteiger partial charge is 0.481 e. The van der Waals surface area contributed by atoms with Gasteiger partial charge in [0.2, 0.25) is 0 Å². The standard InChI is InChI=1S/C14H22N2O3/c1-4-11-8-12(16(5-2)15-11)9-14(13(17)18)6-7-19-10(14)3/h8,10H,4-7,9H2,1-3H3,(H,17,18). The van der Waals surface area contributed by atoms with Crippen molar-refractivity contribution in [2.24, 2.45) is 5.41 Å². The van der Waals surface area contributed by atoms with Crippen molar-refractivity contribution in [1.29, 1.82) is 0 Å². The Balaban J connectivity index is 2.32. The Morgan fingerprint density at radius 3 is 2.84 bits per heavy atom. The zero-order valence-corrected chi connectivity index (χ0v) is 11.8. The number of ether oxygens (including phenoxy) is 1. The third-order valence-electron chi connectivity index (χ3n) is 4.19. The van der Waals surface area contributed by atoms with Crippen LogP contribution in [0.3, 0.4) is 0 Å². The van der Waals surface area contributed by atoms with E-state index in [0.29, 0.717) is 19.4 Å². The minimum Gasteiger partial charge on any atom is -0.481 e. The van der Waals surface area contributed by atoms with Gasteiger partial charge in [0, 0.05) is 25.3 Å². The molecule has 1 aliphatic heterocycles. The molecule has 1 aliphatic rings. The maximum atomic E-state index is 11.7. The molecule has 106 valence electrons. The van der Waals surface area contributed by atoms with Crippen molar-refractivity contribution < 1.29 is 14.6 Å². The lowest BCUT2D eigenvalue weighted by Gasteiger charge is -2.27. The van der Waals surface area contributed by atoms with Crippen LogP contribution in [0.15, 0.2) is 6.07 Å². The second-order valence-electron chi connectivity index (χ2n) is 5.20. The van der Waals surface area contributed by atoms with Crippen molar-refractivity contribution in [2.45, 2.75) is 52.7 Å². The number of nitrogens with zero attached hydrogens (tertiary/aromatic N) is 2. The van der Waals surface area contributed by atoms with Gasteiger partial charge in [-0.15, -0.1) is 0 Å². The maximum absolute atomic E-state index is 11.7. The highest BCUT2D eigenvalue weighted by Crippen LogP contribution is 2.38. The fourth-order valence-corrected chi connectivity index (χ4v) is 2.80. The molecule has 1 aromatic rings. The third-order valence-corrected chi connectivity index (χ3v) is 4.19. The van der Waals surface area contributed by atoms with Gasteiger partial charge in [0.25, 0.3) is 0 Å². The van der Waals surface area contributed by atoms with Crippen LogP contribution in [0.1, 0.15) is 38.6 Å². The van der Waals surface area contributed by atoms with Crippen LogP contribution >= 0.6 is 0 Å². The number of aromatic nitrogens is 2. The quantitative estimate of drug-likeness (QED) is 0.884. The topological polar surface area (TPSA) is 64.3 Å². The second kappa shape index (κ2) is 5.33. The number of hydrogen-bond acceptors (Lipinski definition) is 3. The summed E-state index contributed by atoms with van der Waals surface area (Å²) in [6.07, 6.45) is 1.67. The van der Waals surface area contributed by atoms with E-state index in [4.69, 9.17) is 4.74 Å². The summed E-state index contributed by atoms with van der Waals surface area (Å²) >= 11 is 0. The first-order valence-electron chi connectivity index (χ1n) is 6.94. The number of carboxylic acid groups (broad SMARTS) is 1. The van der Waals surface area contributed by atoms with Gasteiger partial charge < -0.3 is 9.84 Å². The molecule has 0 radical (unpaired) electrons. The highest BCUT2D eigenvalue weighted by atomic mass is 16.5. The first kappa shape index (κ1) is 14.1. The van der Waals surface area contributed by atoms with Crippen LogP contribution in [0.2, 0.25) is 0 Å². The SMILES string of the molecule is CCc1cc(CC2(C(=O)O)CCOC2C)n(CC)n1. The molecule has 19 heavy (non-hydrogen) atoms. The predicted octanol–water partition coefficient (Wildman–Crippen LogP) is 1.89. The Morgan fingerprint density at radius 1 is 1.63 bits per heavy atom. The average Bonchev–Trinajstić information content (AvgIpc) is 2.95. The molecule has 1 aromatic heterocycles. The Hall–Kier alpha value is -1.36. The molecule has 2 atom stereocenters. The smallest absolute Gasteiger partial charge is 0.312 e. The summed E-state index contributed by atoms with van der Waals surface area (Å²) in [6.45, 7) is 7.22. The van der Waals surface area contributed by atoms with Crippen LogP contribution in [-0.4, -0.2) is 33.6 Å². The fraction of sp³-hybridized carbons (Fsp3) is 0.714. The van der Waals surface area contributed by atoms with Crippen LogP contribution in [0.5, 0.6) is 0 Å². The second-order valence-corrected chi connectivity index (χ2v) is 5.20. The molecule has 5 heteroatoms. The molecule has 2 heterocycles. The average molecular weight is 266 g/mol. The number of aliphatic carboxylic acids is 1. The van der Waals surface area contributed by atoms with E-state index in [0.717, 1.165) is 24.4 Å². The first-order valence-corrected chi connectivity index (χ1v) is 6.94. The van der Waals surface area contributed by atoms with E-state index in [1.165, 1.54) is 0 Å². The van der Waals surface area contributed by atoms with Crippen LogP contribution in [0.4, 0.5) is 0 Å². The molecule has 1 fully saturated rings. The van der Waals surface area contributed by atoms with Crippen molar-refractivity contribution in [1.82, 2.24) is 9.78 Å². The Bertz CT molecular complexity index is 469. The maximum Gasteiger partial charge on any atom is 0.312 e. The van der Waals surface area contributed by atoms with Crippen molar-refractivity contribution in [3.8, 4) is 0 Å². The highest BCUT2D eigenvalue weighted by Gasteiger charge is 2.48. The van der Waals surface area contributed by atoms with E-state index >= 15 is 0 Å².